The highest BCUT2D eigenvalue weighted by molar-refractivity contribution is 6.05. The number of anilines is 2. The van der Waals surface area contributed by atoms with Crippen LogP contribution in [-0.4, -0.2) is 23.4 Å². The first-order valence-electron chi connectivity index (χ1n) is 9.74. The lowest BCUT2D eigenvalue weighted by Gasteiger charge is -2.33. The Hall–Kier alpha value is -4.08. The van der Waals surface area contributed by atoms with Crippen molar-refractivity contribution in [2.45, 2.75) is 25.1 Å². The van der Waals surface area contributed by atoms with E-state index in [2.05, 4.69) is 10.6 Å². The van der Waals surface area contributed by atoms with Crippen LogP contribution < -0.4 is 10.6 Å². The third-order valence-electron chi connectivity index (χ3n) is 5.18. The Morgan fingerprint density at radius 2 is 1.82 bits per heavy atom. The van der Waals surface area contributed by atoms with Gasteiger partial charge in [0.15, 0.2) is 5.60 Å². The average molecular weight is 458 g/mol. The zero-order valence-electron chi connectivity index (χ0n) is 17.2. The first-order chi connectivity index (χ1) is 15.6. The van der Waals surface area contributed by atoms with Crippen LogP contribution in [0.15, 0.2) is 65.5 Å². The Morgan fingerprint density at radius 3 is 2.52 bits per heavy atom. The van der Waals surface area contributed by atoms with Crippen molar-refractivity contribution in [1.82, 2.24) is 0 Å². The van der Waals surface area contributed by atoms with Crippen LogP contribution in [-0.2, 0) is 22.1 Å². The summed E-state index contributed by atoms with van der Waals surface area (Å²) in [6, 6.07) is 10.8. The maximum atomic E-state index is 13.7. The molecular formula is C23H17F3N2O5. The fourth-order valence-corrected chi connectivity index (χ4v) is 3.48. The minimum absolute atomic E-state index is 0.000932. The highest BCUT2D eigenvalue weighted by Crippen LogP contribution is 2.38. The van der Waals surface area contributed by atoms with Crippen molar-refractivity contribution >= 4 is 29.2 Å². The number of esters is 1. The molecule has 0 saturated carbocycles. The molecule has 10 heteroatoms. The molecule has 3 aromatic rings. The third-order valence-corrected chi connectivity index (χ3v) is 5.18. The van der Waals surface area contributed by atoms with Crippen molar-refractivity contribution in [1.29, 1.82) is 0 Å². The van der Waals surface area contributed by atoms with Crippen LogP contribution in [0.5, 0.6) is 0 Å². The summed E-state index contributed by atoms with van der Waals surface area (Å²) in [5.74, 6) is -2.30. The van der Waals surface area contributed by atoms with Crippen molar-refractivity contribution in [2.75, 3.05) is 10.6 Å². The fourth-order valence-electron chi connectivity index (χ4n) is 3.48. The maximum absolute atomic E-state index is 13.7. The minimum Gasteiger partial charge on any atom is -0.472 e. The second-order valence-electron chi connectivity index (χ2n) is 7.63. The normalized spacial score (nSPS) is 17.6. The van der Waals surface area contributed by atoms with Crippen molar-refractivity contribution in [3.05, 3.63) is 83.3 Å². The van der Waals surface area contributed by atoms with E-state index in [4.69, 9.17) is 9.15 Å². The Bertz CT molecular complexity index is 1240. The number of ether oxygens (including phenoxy) is 1. The van der Waals surface area contributed by atoms with Gasteiger partial charge in [-0.15, -0.1) is 0 Å². The number of alkyl halides is 3. The van der Waals surface area contributed by atoms with E-state index in [1.165, 1.54) is 25.3 Å². The van der Waals surface area contributed by atoms with Crippen LogP contribution in [0.2, 0.25) is 0 Å². The number of halogens is 3. The van der Waals surface area contributed by atoms with Gasteiger partial charge in [-0.05, 0) is 42.8 Å². The predicted octanol–water partition coefficient (Wildman–Crippen LogP) is 4.66. The number of cyclic esters (lactones) is 1. The fraction of sp³-hybridized carbons (Fsp3) is 0.174. The van der Waals surface area contributed by atoms with E-state index in [0.717, 1.165) is 12.3 Å². The SMILES string of the molecule is CC1(C(=O)Nc2ccc(NC(=O)c3ccoc3)cc2C(F)(F)F)Cc2ccccc2C(=O)O1. The molecule has 4 rings (SSSR count). The number of carbonyl (C=O) groups excluding carboxylic acids is 3. The molecule has 0 saturated heterocycles. The van der Waals surface area contributed by atoms with Gasteiger partial charge in [-0.25, -0.2) is 4.79 Å². The van der Waals surface area contributed by atoms with Gasteiger partial charge in [-0.2, -0.15) is 13.2 Å². The number of hydrogen-bond acceptors (Lipinski definition) is 5. The molecule has 1 aliphatic rings. The van der Waals surface area contributed by atoms with Crippen LogP contribution >= 0.6 is 0 Å². The van der Waals surface area contributed by atoms with Crippen LogP contribution in [0.25, 0.3) is 0 Å². The van der Waals surface area contributed by atoms with Gasteiger partial charge in [-0.1, -0.05) is 18.2 Å². The predicted molar refractivity (Wildman–Crippen MR) is 111 cm³/mol. The number of furan rings is 1. The molecule has 0 aliphatic carbocycles. The first-order valence-corrected chi connectivity index (χ1v) is 9.74. The maximum Gasteiger partial charge on any atom is 0.418 e. The van der Waals surface area contributed by atoms with E-state index in [1.54, 1.807) is 24.3 Å². The molecule has 2 heterocycles. The summed E-state index contributed by atoms with van der Waals surface area (Å²) >= 11 is 0. The molecule has 2 N–H and O–H groups in total. The van der Waals surface area contributed by atoms with Crippen molar-refractivity contribution < 1.29 is 36.7 Å². The van der Waals surface area contributed by atoms with Gasteiger partial charge in [0.1, 0.15) is 6.26 Å². The summed E-state index contributed by atoms with van der Waals surface area (Å²) in [6.45, 7) is 1.34. The highest BCUT2D eigenvalue weighted by Gasteiger charge is 2.43. The lowest BCUT2D eigenvalue weighted by atomic mass is 9.89. The van der Waals surface area contributed by atoms with Crippen molar-refractivity contribution in [3.63, 3.8) is 0 Å². The topological polar surface area (TPSA) is 97.6 Å². The van der Waals surface area contributed by atoms with Gasteiger partial charge in [0, 0.05) is 12.1 Å². The summed E-state index contributed by atoms with van der Waals surface area (Å²) in [7, 11) is 0. The van der Waals surface area contributed by atoms with Gasteiger partial charge < -0.3 is 19.8 Å². The molecule has 2 aromatic carbocycles. The number of hydrogen-bond donors (Lipinski definition) is 2. The van der Waals surface area contributed by atoms with E-state index >= 15 is 0 Å². The number of rotatable bonds is 4. The van der Waals surface area contributed by atoms with E-state index in [1.807, 2.05) is 0 Å². The summed E-state index contributed by atoms with van der Waals surface area (Å²) in [5.41, 5.74) is -2.56. The number of carbonyl (C=O) groups is 3. The number of fused-ring (bicyclic) bond motifs is 1. The Labute approximate surface area is 185 Å². The summed E-state index contributed by atoms with van der Waals surface area (Å²) in [5, 5.41) is 4.57. The van der Waals surface area contributed by atoms with Crippen LogP contribution in [0.4, 0.5) is 24.5 Å². The molecule has 1 atom stereocenters. The molecule has 33 heavy (non-hydrogen) atoms. The van der Waals surface area contributed by atoms with Gasteiger partial charge in [0.25, 0.3) is 11.8 Å². The highest BCUT2D eigenvalue weighted by atomic mass is 19.4. The number of benzene rings is 2. The monoisotopic (exact) mass is 458 g/mol. The van der Waals surface area contributed by atoms with Crippen molar-refractivity contribution in [2.24, 2.45) is 0 Å². The van der Waals surface area contributed by atoms with Gasteiger partial charge in [0.2, 0.25) is 0 Å². The van der Waals surface area contributed by atoms with E-state index in [-0.39, 0.29) is 17.7 Å². The van der Waals surface area contributed by atoms with Crippen LogP contribution in [0.3, 0.4) is 0 Å². The summed E-state index contributed by atoms with van der Waals surface area (Å²) < 4.78 is 51.2. The van der Waals surface area contributed by atoms with Gasteiger partial charge in [-0.3, -0.25) is 9.59 Å². The molecule has 0 fully saturated rings. The molecule has 0 radical (unpaired) electrons. The van der Waals surface area contributed by atoms with Crippen LogP contribution in [0.1, 0.15) is 38.8 Å². The zero-order chi connectivity index (χ0) is 23.8. The average Bonchev–Trinajstić information content (AvgIpc) is 3.29. The van der Waals surface area contributed by atoms with E-state index in [9.17, 15) is 27.6 Å². The molecule has 0 bridgehead atoms. The first kappa shape index (κ1) is 22.1. The molecule has 1 aromatic heterocycles. The standard InChI is InChI=1S/C23H17F3N2O5/c1-22(11-13-4-2-3-5-16(13)20(30)33-22)21(31)28-18-7-6-15(10-17(18)23(24,25)26)27-19(29)14-8-9-32-12-14/h2-10,12H,11H2,1H3,(H,27,29)(H,28,31). The summed E-state index contributed by atoms with van der Waals surface area (Å²) in [6.07, 6.45) is -2.43. The Balaban J connectivity index is 1.59. The molecule has 170 valence electrons. The number of amides is 2. The summed E-state index contributed by atoms with van der Waals surface area (Å²) in [4.78, 5) is 37.3. The van der Waals surface area contributed by atoms with E-state index < -0.39 is 40.8 Å². The second kappa shape index (κ2) is 8.12. The largest absolute Gasteiger partial charge is 0.472 e. The number of nitrogens with one attached hydrogen (secondary N) is 2. The smallest absolute Gasteiger partial charge is 0.418 e. The third kappa shape index (κ3) is 4.45. The lowest BCUT2D eigenvalue weighted by Crippen LogP contribution is -2.49. The molecule has 1 unspecified atom stereocenters. The Kier molecular flexibility index (Phi) is 5.44. The van der Waals surface area contributed by atoms with Crippen molar-refractivity contribution in [3.8, 4) is 0 Å². The van der Waals surface area contributed by atoms with Gasteiger partial charge >= 0.3 is 12.1 Å². The Morgan fingerprint density at radius 1 is 1.06 bits per heavy atom. The zero-order valence-corrected chi connectivity index (χ0v) is 17.2. The molecule has 0 spiro atoms. The minimum atomic E-state index is -4.84. The lowest BCUT2D eigenvalue weighted by molar-refractivity contribution is -0.137. The molecule has 1 aliphatic heterocycles. The van der Waals surface area contributed by atoms with Gasteiger partial charge in [0.05, 0.1) is 28.6 Å². The van der Waals surface area contributed by atoms with E-state index in [0.29, 0.717) is 17.2 Å². The second-order valence-corrected chi connectivity index (χ2v) is 7.63. The quantitative estimate of drug-likeness (QED) is 0.555. The molecule has 7 nitrogen and oxygen atoms in total. The molecule has 2 amide bonds. The molecular weight excluding hydrogens is 441 g/mol. The van der Waals surface area contributed by atoms with Crippen LogP contribution in [0, 0.1) is 0 Å².